The number of hydrogen-bond acceptors (Lipinski definition) is 1. The number of benzene rings is 1. The number of aromatic amines is 1. The molecule has 0 unspecified atom stereocenters. The van der Waals surface area contributed by atoms with E-state index < -0.39 is 0 Å². The van der Waals surface area contributed by atoms with E-state index in [9.17, 15) is 9.18 Å². The largest absolute Gasteiger partial charge is 0.319 e. The molecule has 1 N–H and O–H groups in total. The second-order valence-corrected chi connectivity index (χ2v) is 3.94. The molecule has 0 aliphatic heterocycles. The third-order valence-corrected chi connectivity index (χ3v) is 2.47. The Kier molecular flexibility index (Phi) is 2.31. The highest BCUT2D eigenvalue weighted by Gasteiger charge is 2.06. The lowest BCUT2D eigenvalue weighted by atomic mass is 10.0. The maximum atomic E-state index is 13.6. The molecule has 0 atom stereocenters. The normalized spacial score (nSPS) is 11.2. The average molecular weight is 205 g/mol. The van der Waals surface area contributed by atoms with Crippen molar-refractivity contribution in [2.75, 3.05) is 0 Å². The second kappa shape index (κ2) is 3.50. The summed E-state index contributed by atoms with van der Waals surface area (Å²) in [5.74, 6) is -0.0928. The number of fused-ring (bicyclic) bond motifs is 1. The van der Waals surface area contributed by atoms with E-state index in [1.165, 1.54) is 12.1 Å². The smallest absolute Gasteiger partial charge is 0.248 e. The lowest BCUT2D eigenvalue weighted by Gasteiger charge is -2.07. The van der Waals surface area contributed by atoms with Crippen LogP contribution in [0.4, 0.5) is 4.39 Å². The highest BCUT2D eigenvalue weighted by atomic mass is 19.1. The Morgan fingerprint density at radius 2 is 2.00 bits per heavy atom. The maximum Gasteiger partial charge on any atom is 0.248 e. The first-order chi connectivity index (χ1) is 7.08. The van der Waals surface area contributed by atoms with Gasteiger partial charge in [0.1, 0.15) is 5.82 Å². The van der Waals surface area contributed by atoms with Gasteiger partial charge in [0, 0.05) is 11.5 Å². The van der Waals surface area contributed by atoms with Crippen LogP contribution in [0.5, 0.6) is 0 Å². The molecule has 0 amide bonds. The Hall–Kier alpha value is -1.64. The Labute approximate surface area is 86.8 Å². The van der Waals surface area contributed by atoms with Gasteiger partial charge in [0.05, 0.1) is 5.52 Å². The first-order valence-corrected chi connectivity index (χ1v) is 4.90. The Balaban J connectivity index is 2.78. The molecule has 0 bridgehead atoms. The zero-order valence-corrected chi connectivity index (χ0v) is 8.67. The van der Waals surface area contributed by atoms with E-state index in [-0.39, 0.29) is 22.8 Å². The molecule has 0 fully saturated rings. The molecular formula is C12H12FNO. The number of pyridine rings is 1. The Morgan fingerprint density at radius 3 is 2.67 bits per heavy atom. The van der Waals surface area contributed by atoms with Crippen molar-refractivity contribution in [3.63, 3.8) is 0 Å². The minimum atomic E-state index is -0.367. The molecule has 78 valence electrons. The van der Waals surface area contributed by atoms with E-state index in [1.807, 2.05) is 19.9 Å². The minimum Gasteiger partial charge on any atom is -0.319 e. The van der Waals surface area contributed by atoms with Gasteiger partial charge in [0.25, 0.3) is 0 Å². The molecule has 2 aromatic rings. The zero-order valence-electron chi connectivity index (χ0n) is 8.67. The lowest BCUT2D eigenvalue weighted by molar-refractivity contribution is 0.632. The van der Waals surface area contributed by atoms with Gasteiger partial charge in [-0.25, -0.2) is 4.39 Å². The molecule has 1 aromatic heterocycles. The van der Waals surface area contributed by atoms with Crippen molar-refractivity contribution in [1.29, 1.82) is 0 Å². The topological polar surface area (TPSA) is 32.9 Å². The summed E-state index contributed by atoms with van der Waals surface area (Å²) in [6, 6.07) is 6.43. The van der Waals surface area contributed by atoms with Crippen molar-refractivity contribution in [3.8, 4) is 0 Å². The zero-order chi connectivity index (χ0) is 11.0. The number of nitrogens with one attached hydrogen (secondary N) is 1. The van der Waals surface area contributed by atoms with Crippen LogP contribution in [-0.2, 0) is 0 Å². The third kappa shape index (κ3) is 1.77. The predicted octanol–water partition coefficient (Wildman–Crippen LogP) is 2.79. The summed E-state index contributed by atoms with van der Waals surface area (Å²) in [6.45, 7) is 4.01. The second-order valence-electron chi connectivity index (χ2n) is 3.94. The molecule has 1 aromatic carbocycles. The summed E-state index contributed by atoms with van der Waals surface area (Å²) < 4.78 is 13.6. The third-order valence-electron chi connectivity index (χ3n) is 2.47. The molecule has 0 saturated heterocycles. The van der Waals surface area contributed by atoms with Crippen LogP contribution in [0.15, 0.2) is 29.1 Å². The fraction of sp³-hybridized carbons (Fsp3) is 0.250. The number of hydrogen-bond donors (Lipinski definition) is 1. The van der Waals surface area contributed by atoms with Gasteiger partial charge in [-0.15, -0.1) is 0 Å². The van der Waals surface area contributed by atoms with E-state index in [2.05, 4.69) is 4.98 Å². The maximum absolute atomic E-state index is 13.6. The summed E-state index contributed by atoms with van der Waals surface area (Å²) in [7, 11) is 0. The highest BCUT2D eigenvalue weighted by molar-refractivity contribution is 5.79. The molecule has 0 radical (unpaired) electrons. The lowest BCUT2D eigenvalue weighted by Crippen LogP contribution is -2.04. The molecule has 3 heteroatoms. The van der Waals surface area contributed by atoms with E-state index in [4.69, 9.17) is 0 Å². The van der Waals surface area contributed by atoms with Gasteiger partial charge >= 0.3 is 0 Å². The van der Waals surface area contributed by atoms with Crippen LogP contribution in [0.1, 0.15) is 25.3 Å². The van der Waals surface area contributed by atoms with Gasteiger partial charge in [0.2, 0.25) is 5.56 Å². The fourth-order valence-corrected chi connectivity index (χ4v) is 1.58. The summed E-state index contributed by atoms with van der Waals surface area (Å²) in [5.41, 5.74) is 0.942. The van der Waals surface area contributed by atoms with Crippen molar-refractivity contribution in [2.24, 2.45) is 0 Å². The van der Waals surface area contributed by atoms with Crippen LogP contribution >= 0.6 is 0 Å². The summed E-state index contributed by atoms with van der Waals surface area (Å²) in [4.78, 5) is 13.5. The average Bonchev–Trinajstić information content (AvgIpc) is 2.18. The molecule has 0 aliphatic rings. The molecule has 2 rings (SSSR count). The van der Waals surface area contributed by atoms with Crippen molar-refractivity contribution >= 4 is 10.9 Å². The van der Waals surface area contributed by atoms with Gasteiger partial charge in [0.15, 0.2) is 0 Å². The van der Waals surface area contributed by atoms with Gasteiger partial charge in [-0.05, 0) is 29.7 Å². The molecule has 1 heterocycles. The van der Waals surface area contributed by atoms with E-state index in [0.717, 1.165) is 10.9 Å². The SMILES string of the molecule is CC(C)c1cc(F)c2[nH]c(=O)ccc2c1. The number of H-pyrrole nitrogens is 1. The standard InChI is InChI=1S/C12H12FNO/c1-7(2)9-5-8-3-4-11(15)14-12(8)10(13)6-9/h3-7H,1-2H3,(H,14,15). The molecule has 0 spiro atoms. The van der Waals surface area contributed by atoms with Crippen molar-refractivity contribution in [2.45, 2.75) is 19.8 Å². The monoisotopic (exact) mass is 205 g/mol. The number of rotatable bonds is 1. The van der Waals surface area contributed by atoms with Crippen LogP contribution in [-0.4, -0.2) is 4.98 Å². The minimum absolute atomic E-state index is 0.274. The van der Waals surface area contributed by atoms with Gasteiger partial charge in [-0.1, -0.05) is 13.8 Å². The molecule has 2 nitrogen and oxygen atoms in total. The quantitative estimate of drug-likeness (QED) is 0.762. The highest BCUT2D eigenvalue weighted by Crippen LogP contribution is 2.21. The van der Waals surface area contributed by atoms with E-state index in [1.54, 1.807) is 6.07 Å². The molecule has 0 saturated carbocycles. The van der Waals surface area contributed by atoms with Crippen LogP contribution in [0.3, 0.4) is 0 Å². The van der Waals surface area contributed by atoms with Crippen LogP contribution < -0.4 is 5.56 Å². The van der Waals surface area contributed by atoms with E-state index in [0.29, 0.717) is 0 Å². The van der Waals surface area contributed by atoms with Crippen LogP contribution in [0.25, 0.3) is 10.9 Å². The van der Waals surface area contributed by atoms with Crippen molar-refractivity contribution < 1.29 is 4.39 Å². The number of aromatic nitrogens is 1. The summed E-state index contributed by atoms with van der Waals surface area (Å²) in [6.07, 6.45) is 0. The van der Waals surface area contributed by atoms with Crippen molar-refractivity contribution in [3.05, 3.63) is 46.0 Å². The fourth-order valence-electron chi connectivity index (χ4n) is 1.58. The summed E-state index contributed by atoms with van der Waals surface area (Å²) in [5, 5.41) is 0.735. The molecular weight excluding hydrogens is 193 g/mol. The van der Waals surface area contributed by atoms with Crippen LogP contribution in [0.2, 0.25) is 0 Å². The molecule has 0 aliphatic carbocycles. The first kappa shape index (κ1) is 9.90. The van der Waals surface area contributed by atoms with Gasteiger partial charge in [-0.2, -0.15) is 0 Å². The first-order valence-electron chi connectivity index (χ1n) is 4.90. The van der Waals surface area contributed by atoms with E-state index >= 15 is 0 Å². The van der Waals surface area contributed by atoms with Gasteiger partial charge in [-0.3, -0.25) is 4.79 Å². The van der Waals surface area contributed by atoms with Crippen molar-refractivity contribution in [1.82, 2.24) is 4.98 Å². The predicted molar refractivity (Wildman–Crippen MR) is 58.6 cm³/mol. The van der Waals surface area contributed by atoms with Crippen LogP contribution in [0, 0.1) is 5.82 Å². The Morgan fingerprint density at radius 1 is 1.27 bits per heavy atom. The number of halogens is 1. The molecule has 15 heavy (non-hydrogen) atoms. The van der Waals surface area contributed by atoms with Gasteiger partial charge < -0.3 is 4.98 Å². The Bertz CT molecular complexity index is 557. The summed E-state index contributed by atoms with van der Waals surface area (Å²) >= 11 is 0.